The number of halogens is 5. The number of rotatable bonds is 5. The molecule has 0 saturated carbocycles. The molecule has 172 valence electrons. The highest BCUT2D eigenvalue weighted by atomic mass is 79.9. The summed E-state index contributed by atoms with van der Waals surface area (Å²) in [7, 11) is 0. The lowest BCUT2D eigenvalue weighted by Crippen LogP contribution is -2.50. The number of hydrogen-bond donors (Lipinski definition) is 2. The largest absolute Gasteiger partial charge is 0.390 e. The number of piperidine rings is 1. The van der Waals surface area contributed by atoms with Gasteiger partial charge in [-0.3, -0.25) is 9.59 Å². The van der Waals surface area contributed by atoms with Gasteiger partial charge in [-0.25, -0.2) is 8.78 Å². The third-order valence-corrected chi connectivity index (χ3v) is 6.26. The van der Waals surface area contributed by atoms with Crippen molar-refractivity contribution >= 4 is 33.4 Å². The quantitative estimate of drug-likeness (QED) is 0.559. The van der Waals surface area contributed by atoms with Crippen LogP contribution >= 0.6 is 15.9 Å². The zero-order valence-electron chi connectivity index (χ0n) is 17.1. The van der Waals surface area contributed by atoms with Crippen LogP contribution in [0.2, 0.25) is 0 Å². The van der Waals surface area contributed by atoms with Crippen LogP contribution in [0.4, 0.5) is 23.2 Å². The second kappa shape index (κ2) is 9.19. The van der Waals surface area contributed by atoms with Crippen LogP contribution in [0.25, 0.3) is 0 Å². The van der Waals surface area contributed by atoms with E-state index in [1.54, 1.807) is 6.92 Å². The SMILES string of the molecule is CCC1(O)CCN(C(=O)C(F)(F)c2cc(C(=O)Nc3ccc(F)c(Br)c3)ccc2F)CC1. The molecule has 1 saturated heterocycles. The molecular weight excluding hydrogens is 496 g/mol. The molecule has 0 spiro atoms. The Bertz CT molecular complexity index is 1040. The average molecular weight is 517 g/mol. The van der Waals surface area contributed by atoms with Crippen LogP contribution in [0.1, 0.15) is 42.1 Å². The van der Waals surface area contributed by atoms with Crippen LogP contribution in [-0.4, -0.2) is 40.5 Å². The van der Waals surface area contributed by atoms with E-state index in [9.17, 15) is 32.3 Å². The third kappa shape index (κ3) is 4.96. The van der Waals surface area contributed by atoms with Crippen molar-refractivity contribution in [3.63, 3.8) is 0 Å². The maximum Gasteiger partial charge on any atom is 0.352 e. The first-order chi connectivity index (χ1) is 15.0. The normalized spacial score (nSPS) is 16.0. The smallest absolute Gasteiger partial charge is 0.352 e. The Labute approximate surface area is 190 Å². The van der Waals surface area contributed by atoms with Crippen molar-refractivity contribution in [3.05, 3.63) is 63.6 Å². The average Bonchev–Trinajstić information content (AvgIpc) is 2.76. The predicted molar refractivity (Wildman–Crippen MR) is 113 cm³/mol. The summed E-state index contributed by atoms with van der Waals surface area (Å²) in [6.07, 6.45) is 0.717. The monoisotopic (exact) mass is 516 g/mol. The summed E-state index contributed by atoms with van der Waals surface area (Å²) in [5.41, 5.74) is -2.33. The molecule has 1 aliphatic rings. The van der Waals surface area contributed by atoms with E-state index in [-0.39, 0.29) is 41.7 Å². The summed E-state index contributed by atoms with van der Waals surface area (Å²) < 4.78 is 57.6. The number of anilines is 1. The van der Waals surface area contributed by atoms with Crippen molar-refractivity contribution in [2.75, 3.05) is 18.4 Å². The number of carbonyl (C=O) groups excluding carboxylic acids is 2. The van der Waals surface area contributed by atoms with Gasteiger partial charge in [-0.15, -0.1) is 0 Å². The molecular formula is C22H21BrF4N2O3. The molecule has 0 aliphatic carbocycles. The first-order valence-corrected chi connectivity index (χ1v) is 10.7. The first kappa shape index (κ1) is 24.2. The highest BCUT2D eigenvalue weighted by Crippen LogP contribution is 2.35. The predicted octanol–water partition coefficient (Wildman–Crippen LogP) is 4.83. The van der Waals surface area contributed by atoms with Crippen molar-refractivity contribution < 1.29 is 32.3 Å². The Balaban J connectivity index is 1.81. The van der Waals surface area contributed by atoms with E-state index in [0.29, 0.717) is 18.6 Å². The fourth-order valence-corrected chi connectivity index (χ4v) is 3.86. The fraction of sp³-hybridized carbons (Fsp3) is 0.364. The summed E-state index contributed by atoms with van der Waals surface area (Å²) >= 11 is 2.97. The molecule has 2 N–H and O–H groups in total. The molecule has 0 unspecified atom stereocenters. The highest BCUT2D eigenvalue weighted by molar-refractivity contribution is 9.10. The minimum Gasteiger partial charge on any atom is -0.390 e. The van der Waals surface area contributed by atoms with Gasteiger partial charge in [-0.1, -0.05) is 6.92 Å². The standard InChI is InChI=1S/C22H21BrF4N2O3/c1-2-21(32)7-9-29(10-8-21)20(31)22(26,27)15-11-13(3-5-17(15)24)19(30)28-14-4-6-18(25)16(23)12-14/h3-6,11-12,32H,2,7-10H2,1H3,(H,28,30). The van der Waals surface area contributed by atoms with Crippen LogP contribution in [0.15, 0.2) is 40.9 Å². The molecule has 2 aromatic rings. The van der Waals surface area contributed by atoms with Crippen molar-refractivity contribution in [3.8, 4) is 0 Å². The van der Waals surface area contributed by atoms with Crippen molar-refractivity contribution in [2.24, 2.45) is 0 Å². The zero-order chi connectivity index (χ0) is 23.7. The van der Waals surface area contributed by atoms with Crippen LogP contribution in [0.3, 0.4) is 0 Å². The van der Waals surface area contributed by atoms with Crippen molar-refractivity contribution in [1.82, 2.24) is 4.90 Å². The molecule has 3 rings (SSSR count). The zero-order valence-corrected chi connectivity index (χ0v) is 18.7. The molecule has 0 bridgehead atoms. The van der Waals surface area contributed by atoms with Crippen molar-refractivity contribution in [1.29, 1.82) is 0 Å². The first-order valence-electron chi connectivity index (χ1n) is 9.93. The molecule has 2 amide bonds. The van der Waals surface area contributed by atoms with Gasteiger partial charge in [0.2, 0.25) is 0 Å². The maximum atomic E-state index is 15.0. The summed E-state index contributed by atoms with van der Waals surface area (Å²) in [6.45, 7) is 1.60. The Hall–Kier alpha value is -2.46. The molecule has 32 heavy (non-hydrogen) atoms. The van der Waals surface area contributed by atoms with E-state index >= 15 is 0 Å². The number of aliphatic hydroxyl groups is 1. The van der Waals surface area contributed by atoms with Gasteiger partial charge >= 0.3 is 5.92 Å². The van der Waals surface area contributed by atoms with E-state index in [1.165, 1.54) is 12.1 Å². The van der Waals surface area contributed by atoms with Gasteiger partial charge in [0.1, 0.15) is 11.6 Å². The van der Waals surface area contributed by atoms with E-state index in [1.807, 2.05) is 0 Å². The van der Waals surface area contributed by atoms with E-state index < -0.39 is 40.5 Å². The second-order valence-corrected chi connectivity index (χ2v) is 8.58. The number of nitrogens with one attached hydrogen (secondary N) is 1. The Morgan fingerprint density at radius 3 is 2.34 bits per heavy atom. The Kier molecular flexibility index (Phi) is 6.94. The molecule has 0 aromatic heterocycles. The van der Waals surface area contributed by atoms with Gasteiger partial charge in [-0.2, -0.15) is 8.78 Å². The summed E-state index contributed by atoms with van der Waals surface area (Å²) in [5.74, 6) is -8.51. The molecule has 5 nitrogen and oxygen atoms in total. The molecule has 1 aliphatic heterocycles. The van der Waals surface area contributed by atoms with Crippen LogP contribution < -0.4 is 5.32 Å². The van der Waals surface area contributed by atoms with Gasteiger partial charge in [0.05, 0.1) is 15.6 Å². The van der Waals surface area contributed by atoms with E-state index in [4.69, 9.17) is 0 Å². The number of likely N-dealkylation sites (tertiary alicyclic amines) is 1. The molecule has 0 atom stereocenters. The van der Waals surface area contributed by atoms with Gasteiger partial charge in [-0.05, 0) is 71.6 Å². The van der Waals surface area contributed by atoms with Crippen molar-refractivity contribution in [2.45, 2.75) is 37.7 Å². The number of benzene rings is 2. The molecule has 0 radical (unpaired) electrons. The minimum atomic E-state index is -4.21. The number of hydrogen-bond acceptors (Lipinski definition) is 3. The summed E-state index contributed by atoms with van der Waals surface area (Å²) in [6, 6.07) is 5.99. The topological polar surface area (TPSA) is 69.6 Å². The number of amides is 2. The lowest BCUT2D eigenvalue weighted by Gasteiger charge is -2.38. The minimum absolute atomic E-state index is 0.0833. The molecule has 10 heteroatoms. The molecule has 1 heterocycles. The maximum absolute atomic E-state index is 15.0. The lowest BCUT2D eigenvalue weighted by molar-refractivity contribution is -0.163. The van der Waals surface area contributed by atoms with Crippen LogP contribution in [0, 0.1) is 11.6 Å². The van der Waals surface area contributed by atoms with E-state index in [2.05, 4.69) is 21.2 Å². The van der Waals surface area contributed by atoms with Gasteiger partial charge in [0.15, 0.2) is 0 Å². The van der Waals surface area contributed by atoms with E-state index in [0.717, 1.165) is 17.0 Å². The fourth-order valence-electron chi connectivity index (χ4n) is 3.48. The summed E-state index contributed by atoms with van der Waals surface area (Å²) in [4.78, 5) is 25.9. The lowest BCUT2D eigenvalue weighted by atomic mass is 9.88. The van der Waals surface area contributed by atoms with Crippen LogP contribution in [0.5, 0.6) is 0 Å². The Morgan fingerprint density at radius 1 is 1.12 bits per heavy atom. The number of nitrogens with zero attached hydrogens (tertiary/aromatic N) is 1. The van der Waals surface area contributed by atoms with Gasteiger partial charge in [0, 0.05) is 24.3 Å². The van der Waals surface area contributed by atoms with Gasteiger partial charge in [0.25, 0.3) is 11.8 Å². The second-order valence-electron chi connectivity index (χ2n) is 7.72. The van der Waals surface area contributed by atoms with Crippen LogP contribution in [-0.2, 0) is 10.7 Å². The van der Waals surface area contributed by atoms with Gasteiger partial charge < -0.3 is 15.3 Å². The number of alkyl halides is 2. The molecule has 1 fully saturated rings. The highest BCUT2D eigenvalue weighted by Gasteiger charge is 2.47. The molecule has 2 aromatic carbocycles. The Morgan fingerprint density at radius 2 is 1.75 bits per heavy atom. The summed E-state index contributed by atoms with van der Waals surface area (Å²) in [5, 5.41) is 12.6. The number of carbonyl (C=O) groups is 2. The third-order valence-electron chi connectivity index (χ3n) is 5.65.